The smallest absolute Gasteiger partial charge is 0.247 e. The summed E-state index contributed by atoms with van der Waals surface area (Å²) in [7, 11) is -2.21. The van der Waals surface area contributed by atoms with Gasteiger partial charge in [0.1, 0.15) is 17.5 Å². The number of carbonyl (C=O) groups is 1. The number of hydrogen-bond donors (Lipinski definition) is 1. The summed E-state index contributed by atoms with van der Waals surface area (Å²) >= 11 is 0. The first-order valence-electron chi connectivity index (χ1n) is 8.83. The molecule has 1 unspecified atom stereocenters. The Hall–Kier alpha value is -2.74. The first kappa shape index (κ1) is 21.6. The van der Waals surface area contributed by atoms with E-state index >= 15 is 0 Å². The predicted molar refractivity (Wildman–Crippen MR) is 111 cm³/mol. The van der Waals surface area contributed by atoms with Gasteiger partial charge >= 0.3 is 0 Å². The third kappa shape index (κ3) is 5.63. The maximum absolute atomic E-state index is 12.7. The quantitative estimate of drug-likeness (QED) is 0.727. The molecule has 0 radical (unpaired) electrons. The molecular formula is C20H26N2O5S. The largest absolute Gasteiger partial charge is 0.497 e. The number of rotatable bonds is 8. The summed E-state index contributed by atoms with van der Waals surface area (Å²) in [5.41, 5.74) is 0.900. The summed E-state index contributed by atoms with van der Waals surface area (Å²) < 4.78 is 36.5. The predicted octanol–water partition coefficient (Wildman–Crippen LogP) is 3.28. The van der Waals surface area contributed by atoms with Gasteiger partial charge in [0.25, 0.3) is 0 Å². The SMILES string of the molecule is COc1cccc(N(C(C)C(=O)Nc2ccc(OC(C)C)cc2)S(C)(=O)=O)c1. The van der Waals surface area contributed by atoms with Gasteiger partial charge in [-0.15, -0.1) is 0 Å². The number of nitrogens with one attached hydrogen (secondary N) is 1. The van der Waals surface area contributed by atoms with E-state index in [2.05, 4.69) is 5.32 Å². The average molecular weight is 407 g/mol. The molecule has 0 saturated heterocycles. The molecule has 0 fully saturated rings. The number of nitrogens with zero attached hydrogens (tertiary/aromatic N) is 1. The third-order valence-corrected chi connectivity index (χ3v) is 5.13. The third-order valence-electron chi connectivity index (χ3n) is 3.89. The molecule has 7 nitrogen and oxygen atoms in total. The topological polar surface area (TPSA) is 84.9 Å². The number of carbonyl (C=O) groups excluding carboxylic acids is 1. The molecule has 2 rings (SSSR count). The van der Waals surface area contributed by atoms with Crippen LogP contribution in [0.15, 0.2) is 48.5 Å². The van der Waals surface area contributed by atoms with Gasteiger partial charge in [0, 0.05) is 11.8 Å². The highest BCUT2D eigenvalue weighted by Gasteiger charge is 2.29. The van der Waals surface area contributed by atoms with Crippen molar-refractivity contribution in [2.24, 2.45) is 0 Å². The number of sulfonamides is 1. The second-order valence-electron chi connectivity index (χ2n) is 6.62. The molecule has 1 amide bonds. The molecule has 0 aromatic heterocycles. The summed E-state index contributed by atoms with van der Waals surface area (Å²) in [4.78, 5) is 12.7. The van der Waals surface area contributed by atoms with Crippen LogP contribution in [-0.2, 0) is 14.8 Å². The number of benzene rings is 2. The lowest BCUT2D eigenvalue weighted by Gasteiger charge is -2.28. The van der Waals surface area contributed by atoms with E-state index in [-0.39, 0.29) is 6.10 Å². The van der Waals surface area contributed by atoms with Crippen molar-refractivity contribution < 1.29 is 22.7 Å². The number of anilines is 2. The minimum Gasteiger partial charge on any atom is -0.497 e. The monoisotopic (exact) mass is 406 g/mol. The molecule has 1 atom stereocenters. The Labute approximate surface area is 166 Å². The Morgan fingerprint density at radius 3 is 2.21 bits per heavy atom. The maximum Gasteiger partial charge on any atom is 0.247 e. The Morgan fingerprint density at radius 1 is 1.04 bits per heavy atom. The van der Waals surface area contributed by atoms with Crippen LogP contribution in [0.4, 0.5) is 11.4 Å². The van der Waals surface area contributed by atoms with Crippen LogP contribution in [-0.4, -0.2) is 39.8 Å². The average Bonchev–Trinajstić information content (AvgIpc) is 2.62. The Morgan fingerprint density at radius 2 is 1.68 bits per heavy atom. The van der Waals surface area contributed by atoms with Gasteiger partial charge in [0.05, 0.1) is 25.2 Å². The number of ether oxygens (including phenoxy) is 2. The fourth-order valence-corrected chi connectivity index (χ4v) is 3.86. The van der Waals surface area contributed by atoms with Crippen LogP contribution < -0.4 is 19.1 Å². The van der Waals surface area contributed by atoms with Crippen molar-refractivity contribution in [1.82, 2.24) is 0 Å². The summed E-state index contributed by atoms with van der Waals surface area (Å²) in [5.74, 6) is 0.737. The zero-order valence-corrected chi connectivity index (χ0v) is 17.5. The summed E-state index contributed by atoms with van der Waals surface area (Å²) in [6.07, 6.45) is 1.11. The van der Waals surface area contributed by atoms with Gasteiger partial charge in [-0.05, 0) is 57.2 Å². The molecule has 0 heterocycles. The van der Waals surface area contributed by atoms with Crippen LogP contribution in [0.5, 0.6) is 11.5 Å². The lowest BCUT2D eigenvalue weighted by molar-refractivity contribution is -0.116. The maximum atomic E-state index is 12.7. The highest BCUT2D eigenvalue weighted by molar-refractivity contribution is 7.92. The molecule has 0 spiro atoms. The van der Waals surface area contributed by atoms with Crippen molar-refractivity contribution in [1.29, 1.82) is 0 Å². The molecule has 0 aliphatic carbocycles. The molecule has 152 valence electrons. The molecule has 0 bridgehead atoms. The minimum absolute atomic E-state index is 0.0478. The normalized spacial score (nSPS) is 12.4. The van der Waals surface area contributed by atoms with E-state index in [9.17, 15) is 13.2 Å². The lowest BCUT2D eigenvalue weighted by Crippen LogP contribution is -2.45. The van der Waals surface area contributed by atoms with Crippen LogP contribution in [0.2, 0.25) is 0 Å². The number of hydrogen-bond acceptors (Lipinski definition) is 5. The molecule has 0 aliphatic rings. The molecule has 1 N–H and O–H groups in total. The number of methoxy groups -OCH3 is 1. The zero-order chi connectivity index (χ0) is 20.9. The van der Waals surface area contributed by atoms with Gasteiger partial charge in [-0.3, -0.25) is 9.10 Å². The summed E-state index contributed by atoms with van der Waals surface area (Å²) in [6, 6.07) is 12.5. The van der Waals surface area contributed by atoms with Crippen LogP contribution in [0.1, 0.15) is 20.8 Å². The molecule has 2 aromatic carbocycles. The number of amides is 1. The first-order chi connectivity index (χ1) is 13.1. The standard InChI is InChI=1S/C20H26N2O5S/c1-14(2)27-18-11-9-16(10-12-18)21-20(23)15(3)22(28(5,24)25)17-7-6-8-19(13-17)26-4/h6-15H,1-5H3,(H,21,23). The van der Waals surface area contributed by atoms with Gasteiger partial charge in [0.15, 0.2) is 0 Å². The molecule has 2 aromatic rings. The Balaban J connectivity index is 2.22. The van der Waals surface area contributed by atoms with Crippen molar-refractivity contribution in [2.45, 2.75) is 32.9 Å². The van der Waals surface area contributed by atoms with E-state index in [0.717, 1.165) is 10.6 Å². The fraction of sp³-hybridized carbons (Fsp3) is 0.350. The fourth-order valence-electron chi connectivity index (χ4n) is 2.69. The molecule has 0 saturated carbocycles. The van der Waals surface area contributed by atoms with Crippen molar-refractivity contribution in [3.05, 3.63) is 48.5 Å². The van der Waals surface area contributed by atoms with Crippen LogP contribution >= 0.6 is 0 Å². The van der Waals surface area contributed by atoms with E-state index in [1.165, 1.54) is 14.0 Å². The van der Waals surface area contributed by atoms with Crippen molar-refractivity contribution >= 4 is 27.3 Å². The second-order valence-corrected chi connectivity index (χ2v) is 8.48. The molecular weight excluding hydrogens is 380 g/mol. The van der Waals surface area contributed by atoms with Gasteiger partial charge in [-0.25, -0.2) is 8.42 Å². The highest BCUT2D eigenvalue weighted by Crippen LogP contribution is 2.26. The Bertz CT molecular complexity index is 910. The van der Waals surface area contributed by atoms with Gasteiger partial charge in [-0.1, -0.05) is 6.07 Å². The first-order valence-corrected chi connectivity index (χ1v) is 10.7. The van der Waals surface area contributed by atoms with E-state index < -0.39 is 22.0 Å². The van der Waals surface area contributed by atoms with Gasteiger partial charge in [0.2, 0.25) is 15.9 Å². The Kier molecular flexibility index (Phi) is 6.90. The zero-order valence-electron chi connectivity index (χ0n) is 16.7. The van der Waals surface area contributed by atoms with E-state index in [4.69, 9.17) is 9.47 Å². The summed E-state index contributed by atoms with van der Waals surface area (Å²) in [5, 5.41) is 2.74. The molecule has 8 heteroatoms. The van der Waals surface area contributed by atoms with Crippen molar-refractivity contribution in [3.63, 3.8) is 0 Å². The van der Waals surface area contributed by atoms with E-state index in [1.807, 2.05) is 13.8 Å². The minimum atomic E-state index is -3.70. The van der Waals surface area contributed by atoms with E-state index in [1.54, 1.807) is 48.5 Å². The van der Waals surface area contributed by atoms with Crippen molar-refractivity contribution in [3.8, 4) is 11.5 Å². The van der Waals surface area contributed by atoms with Crippen molar-refractivity contribution in [2.75, 3.05) is 23.0 Å². The molecule has 0 aliphatic heterocycles. The van der Waals surface area contributed by atoms with Gasteiger partial charge < -0.3 is 14.8 Å². The van der Waals surface area contributed by atoms with Crippen LogP contribution in [0.3, 0.4) is 0 Å². The second kappa shape index (κ2) is 8.97. The summed E-state index contributed by atoms with van der Waals surface area (Å²) in [6.45, 7) is 5.39. The van der Waals surface area contributed by atoms with E-state index in [0.29, 0.717) is 22.9 Å². The van der Waals surface area contributed by atoms with Crippen LogP contribution in [0, 0.1) is 0 Å². The molecule has 28 heavy (non-hydrogen) atoms. The van der Waals surface area contributed by atoms with Gasteiger partial charge in [-0.2, -0.15) is 0 Å². The van der Waals surface area contributed by atoms with Crippen LogP contribution in [0.25, 0.3) is 0 Å². The lowest BCUT2D eigenvalue weighted by atomic mass is 10.2. The highest BCUT2D eigenvalue weighted by atomic mass is 32.2.